The minimum Gasteiger partial charge on any atom is -0.480 e. The summed E-state index contributed by atoms with van der Waals surface area (Å²) in [6, 6.07) is 7.03. The normalized spacial score (nSPS) is 20.3. The molecule has 0 amide bonds. The van der Waals surface area contributed by atoms with Crippen LogP contribution in [0.15, 0.2) is 41.6 Å². The molecule has 2 aromatic rings. The van der Waals surface area contributed by atoms with E-state index in [-0.39, 0.29) is 17.6 Å². The van der Waals surface area contributed by atoms with Crippen LogP contribution in [-0.4, -0.2) is 37.6 Å². The molecule has 1 heterocycles. The molecule has 8 heteroatoms. The number of nitrogens with one attached hydrogen (secondary N) is 1. The van der Waals surface area contributed by atoms with Gasteiger partial charge in [0.1, 0.15) is 6.10 Å². The number of hydrogen-bond donors (Lipinski definition) is 1. The molecule has 0 saturated heterocycles. The first-order valence-electron chi connectivity index (χ1n) is 9.83. The molecule has 158 valence electrons. The standard InChI is InChI=1S/C21H29N3O4S/c1-21(2,3)15-5-11-18(12-6-15)29(25,26)24-16-7-9-17(10-8-16)28-20-14-22-13-19(23-20)27-4/h5-6,11-14,16-17,24H,7-10H2,1-4H3. The molecule has 1 aromatic heterocycles. The lowest BCUT2D eigenvalue weighted by atomic mass is 9.87. The lowest BCUT2D eigenvalue weighted by Crippen LogP contribution is -2.39. The number of methoxy groups -OCH3 is 1. The molecule has 1 aromatic carbocycles. The highest BCUT2D eigenvalue weighted by atomic mass is 32.2. The summed E-state index contributed by atoms with van der Waals surface area (Å²) in [7, 11) is -2.01. The number of nitrogens with zero attached hydrogens (tertiary/aromatic N) is 2. The number of benzene rings is 1. The van der Waals surface area contributed by atoms with Crippen molar-refractivity contribution in [1.82, 2.24) is 14.7 Å². The van der Waals surface area contributed by atoms with E-state index in [2.05, 4.69) is 35.5 Å². The van der Waals surface area contributed by atoms with Gasteiger partial charge in [0.15, 0.2) is 0 Å². The third-order valence-electron chi connectivity index (χ3n) is 5.11. The molecule has 0 aliphatic heterocycles. The highest BCUT2D eigenvalue weighted by Gasteiger charge is 2.27. The monoisotopic (exact) mass is 419 g/mol. The molecule has 1 aliphatic rings. The fraction of sp³-hybridized carbons (Fsp3) is 0.524. The van der Waals surface area contributed by atoms with Crippen molar-refractivity contribution in [3.05, 3.63) is 42.2 Å². The van der Waals surface area contributed by atoms with Gasteiger partial charge in [0.2, 0.25) is 21.8 Å². The van der Waals surface area contributed by atoms with Gasteiger partial charge >= 0.3 is 0 Å². The lowest BCUT2D eigenvalue weighted by molar-refractivity contribution is 0.136. The summed E-state index contributed by atoms with van der Waals surface area (Å²) in [5.41, 5.74) is 1.09. The summed E-state index contributed by atoms with van der Waals surface area (Å²) >= 11 is 0. The van der Waals surface area contributed by atoms with Crippen molar-refractivity contribution in [3.63, 3.8) is 0 Å². The fourth-order valence-electron chi connectivity index (χ4n) is 3.38. The fourth-order valence-corrected chi connectivity index (χ4v) is 4.68. The number of rotatable bonds is 6. The van der Waals surface area contributed by atoms with Crippen LogP contribution in [0.3, 0.4) is 0 Å². The Kier molecular flexibility index (Phi) is 6.43. The van der Waals surface area contributed by atoms with E-state index in [1.807, 2.05) is 12.1 Å². The molecule has 3 rings (SSSR count). The molecule has 0 spiro atoms. The highest BCUT2D eigenvalue weighted by molar-refractivity contribution is 7.89. The smallest absolute Gasteiger partial charge is 0.240 e. The molecule has 1 aliphatic carbocycles. The van der Waals surface area contributed by atoms with Crippen molar-refractivity contribution in [2.45, 2.75) is 68.9 Å². The number of hydrogen-bond acceptors (Lipinski definition) is 6. The Morgan fingerprint density at radius 1 is 1.00 bits per heavy atom. The van der Waals surface area contributed by atoms with Crippen LogP contribution in [0, 0.1) is 0 Å². The van der Waals surface area contributed by atoms with Gasteiger partial charge in [-0.25, -0.2) is 13.1 Å². The van der Waals surface area contributed by atoms with Gasteiger partial charge in [-0.05, 0) is 48.8 Å². The predicted octanol–water partition coefficient (Wildman–Crippen LogP) is 3.45. The second-order valence-electron chi connectivity index (χ2n) is 8.39. The first-order chi connectivity index (χ1) is 13.7. The van der Waals surface area contributed by atoms with Crippen molar-refractivity contribution < 1.29 is 17.9 Å². The van der Waals surface area contributed by atoms with E-state index in [4.69, 9.17) is 9.47 Å². The molecular weight excluding hydrogens is 390 g/mol. The quantitative estimate of drug-likeness (QED) is 0.771. The van der Waals surface area contributed by atoms with Crippen LogP contribution in [0.2, 0.25) is 0 Å². The molecule has 0 bridgehead atoms. The molecule has 1 N–H and O–H groups in total. The molecule has 7 nitrogen and oxygen atoms in total. The van der Waals surface area contributed by atoms with E-state index in [1.165, 1.54) is 13.3 Å². The zero-order valence-corrected chi connectivity index (χ0v) is 18.2. The maximum Gasteiger partial charge on any atom is 0.240 e. The first kappa shape index (κ1) is 21.5. The average molecular weight is 420 g/mol. The van der Waals surface area contributed by atoms with Crippen molar-refractivity contribution in [1.29, 1.82) is 0 Å². The Bertz CT molecular complexity index is 916. The van der Waals surface area contributed by atoms with E-state index >= 15 is 0 Å². The second-order valence-corrected chi connectivity index (χ2v) is 10.1. The van der Waals surface area contributed by atoms with Crippen LogP contribution in [0.5, 0.6) is 11.8 Å². The van der Waals surface area contributed by atoms with Crippen LogP contribution in [-0.2, 0) is 15.4 Å². The maximum atomic E-state index is 12.7. The molecule has 29 heavy (non-hydrogen) atoms. The van der Waals surface area contributed by atoms with Crippen molar-refractivity contribution in [3.8, 4) is 11.8 Å². The second kappa shape index (κ2) is 8.67. The van der Waals surface area contributed by atoms with Gasteiger partial charge in [0.25, 0.3) is 0 Å². The zero-order valence-electron chi connectivity index (χ0n) is 17.4. The minimum absolute atomic E-state index is 0.0109. The lowest BCUT2D eigenvalue weighted by Gasteiger charge is -2.29. The van der Waals surface area contributed by atoms with Gasteiger partial charge in [-0.1, -0.05) is 32.9 Å². The molecule has 0 radical (unpaired) electrons. The molecule has 0 unspecified atom stereocenters. The number of aromatic nitrogens is 2. The van der Waals surface area contributed by atoms with Crippen LogP contribution in [0.25, 0.3) is 0 Å². The Labute approximate surface area is 172 Å². The van der Waals surface area contributed by atoms with E-state index in [9.17, 15) is 8.42 Å². The van der Waals surface area contributed by atoms with Crippen LogP contribution < -0.4 is 14.2 Å². The Hall–Kier alpha value is -2.19. The summed E-state index contributed by atoms with van der Waals surface area (Å²) in [6.07, 6.45) is 5.97. The topological polar surface area (TPSA) is 90.4 Å². The predicted molar refractivity (Wildman–Crippen MR) is 111 cm³/mol. The van der Waals surface area contributed by atoms with Crippen LogP contribution in [0.1, 0.15) is 52.0 Å². The van der Waals surface area contributed by atoms with Crippen molar-refractivity contribution in [2.75, 3.05) is 7.11 Å². The summed E-state index contributed by atoms with van der Waals surface area (Å²) in [6.45, 7) is 6.31. The van der Waals surface area contributed by atoms with E-state index in [0.717, 1.165) is 18.4 Å². The summed E-state index contributed by atoms with van der Waals surface area (Å²) in [5.74, 6) is 0.828. The first-order valence-corrected chi connectivity index (χ1v) is 11.3. The van der Waals surface area contributed by atoms with Crippen molar-refractivity contribution >= 4 is 10.0 Å². The van der Waals surface area contributed by atoms with Gasteiger partial charge in [-0.3, -0.25) is 4.98 Å². The molecule has 0 atom stereocenters. The Morgan fingerprint density at radius 3 is 2.21 bits per heavy atom. The Balaban J connectivity index is 1.55. The largest absolute Gasteiger partial charge is 0.480 e. The average Bonchev–Trinajstić information content (AvgIpc) is 2.69. The van der Waals surface area contributed by atoms with E-state index in [0.29, 0.717) is 29.5 Å². The molecule has 1 saturated carbocycles. The Morgan fingerprint density at radius 2 is 1.62 bits per heavy atom. The van der Waals surface area contributed by atoms with Crippen LogP contribution >= 0.6 is 0 Å². The maximum absolute atomic E-state index is 12.7. The summed E-state index contributed by atoms with van der Waals surface area (Å²) < 4.78 is 39.2. The molecular formula is C21H29N3O4S. The summed E-state index contributed by atoms with van der Waals surface area (Å²) in [5, 5.41) is 0. The SMILES string of the molecule is COc1cncc(OC2CCC(NS(=O)(=O)c3ccc(C(C)(C)C)cc3)CC2)n1. The summed E-state index contributed by atoms with van der Waals surface area (Å²) in [4.78, 5) is 8.55. The number of sulfonamides is 1. The highest BCUT2D eigenvalue weighted by Crippen LogP contribution is 2.26. The number of ether oxygens (including phenoxy) is 2. The zero-order chi connectivity index (χ0) is 21.1. The third kappa shape index (κ3) is 5.67. The van der Waals surface area contributed by atoms with Gasteiger partial charge in [-0.2, -0.15) is 4.98 Å². The van der Waals surface area contributed by atoms with Crippen molar-refractivity contribution in [2.24, 2.45) is 0 Å². The van der Waals surface area contributed by atoms with E-state index < -0.39 is 10.0 Å². The van der Waals surface area contributed by atoms with Gasteiger partial charge in [-0.15, -0.1) is 0 Å². The minimum atomic E-state index is -3.54. The van der Waals surface area contributed by atoms with Gasteiger partial charge < -0.3 is 9.47 Å². The van der Waals surface area contributed by atoms with E-state index in [1.54, 1.807) is 18.3 Å². The molecule has 1 fully saturated rings. The third-order valence-corrected chi connectivity index (χ3v) is 6.65. The van der Waals surface area contributed by atoms with Gasteiger partial charge in [0, 0.05) is 6.04 Å². The van der Waals surface area contributed by atoms with Crippen LogP contribution in [0.4, 0.5) is 0 Å². The van der Waals surface area contributed by atoms with Gasteiger partial charge in [0.05, 0.1) is 24.4 Å².